The summed E-state index contributed by atoms with van der Waals surface area (Å²) >= 11 is 6.76. The number of aryl methyl sites for hydroxylation is 1. The third-order valence-corrected chi connectivity index (χ3v) is 7.43. The Bertz CT molecular complexity index is 1330. The molecule has 0 atom stereocenters. The predicted molar refractivity (Wildman–Crippen MR) is 137 cm³/mol. The molecule has 2 saturated heterocycles. The molecule has 6 nitrogen and oxygen atoms in total. The van der Waals surface area contributed by atoms with Crippen molar-refractivity contribution >= 4 is 51.7 Å². The first-order chi connectivity index (χ1) is 16.0. The van der Waals surface area contributed by atoms with Crippen molar-refractivity contribution in [1.82, 2.24) is 14.3 Å². The smallest absolute Gasteiger partial charge is 0.267 e. The van der Waals surface area contributed by atoms with Gasteiger partial charge in [0.2, 0.25) is 0 Å². The molecule has 0 bridgehead atoms. The fourth-order valence-electron chi connectivity index (χ4n) is 4.31. The van der Waals surface area contributed by atoms with Crippen molar-refractivity contribution < 1.29 is 4.79 Å². The highest BCUT2D eigenvalue weighted by atomic mass is 32.2. The molecular weight excluding hydrogens is 452 g/mol. The lowest BCUT2D eigenvalue weighted by Gasteiger charge is -2.29. The zero-order valence-corrected chi connectivity index (χ0v) is 20.0. The molecule has 0 spiro atoms. The molecule has 0 N–H and O–H groups in total. The van der Waals surface area contributed by atoms with E-state index in [9.17, 15) is 9.59 Å². The zero-order chi connectivity index (χ0) is 22.9. The molecule has 0 radical (unpaired) electrons. The molecule has 0 unspecified atom stereocenters. The van der Waals surface area contributed by atoms with Gasteiger partial charge in [-0.1, -0.05) is 60.4 Å². The van der Waals surface area contributed by atoms with Crippen LogP contribution in [0.1, 0.15) is 36.0 Å². The van der Waals surface area contributed by atoms with E-state index in [1.165, 1.54) is 18.2 Å². The van der Waals surface area contributed by atoms with Crippen LogP contribution in [-0.2, 0) is 11.3 Å². The molecule has 33 heavy (non-hydrogen) atoms. The summed E-state index contributed by atoms with van der Waals surface area (Å²) in [4.78, 5) is 36.0. The Morgan fingerprint density at radius 2 is 1.82 bits per heavy atom. The highest BCUT2D eigenvalue weighted by Crippen LogP contribution is 2.35. The Morgan fingerprint density at radius 3 is 2.58 bits per heavy atom. The lowest BCUT2D eigenvalue weighted by atomic mass is 10.1. The lowest BCUT2D eigenvalue weighted by Crippen LogP contribution is -2.33. The molecule has 2 fully saturated rings. The zero-order valence-electron chi connectivity index (χ0n) is 18.4. The van der Waals surface area contributed by atoms with Crippen LogP contribution in [0.3, 0.4) is 0 Å². The predicted octanol–water partition coefficient (Wildman–Crippen LogP) is 4.39. The first-order valence-corrected chi connectivity index (χ1v) is 12.3. The van der Waals surface area contributed by atoms with E-state index in [1.807, 2.05) is 49.4 Å². The van der Waals surface area contributed by atoms with Crippen LogP contribution in [-0.4, -0.2) is 37.6 Å². The van der Waals surface area contributed by atoms with Gasteiger partial charge in [0.1, 0.15) is 15.8 Å². The van der Waals surface area contributed by atoms with Gasteiger partial charge in [-0.2, -0.15) is 0 Å². The minimum Gasteiger partial charge on any atom is -0.356 e. The number of aromatic nitrogens is 2. The van der Waals surface area contributed by atoms with E-state index in [-0.39, 0.29) is 11.5 Å². The van der Waals surface area contributed by atoms with E-state index in [0.717, 1.165) is 37.1 Å². The Kier molecular flexibility index (Phi) is 6.03. The van der Waals surface area contributed by atoms with Crippen molar-refractivity contribution in [3.63, 3.8) is 0 Å². The summed E-state index contributed by atoms with van der Waals surface area (Å²) in [7, 11) is 0. The second kappa shape index (κ2) is 9.11. The van der Waals surface area contributed by atoms with E-state index in [2.05, 4.69) is 4.90 Å². The van der Waals surface area contributed by atoms with Crippen LogP contribution in [0, 0.1) is 6.92 Å². The molecule has 1 amide bonds. The van der Waals surface area contributed by atoms with Crippen molar-refractivity contribution in [3.05, 3.63) is 80.6 Å². The summed E-state index contributed by atoms with van der Waals surface area (Å²) in [6.45, 7) is 4.07. The maximum Gasteiger partial charge on any atom is 0.267 e. The Morgan fingerprint density at radius 1 is 1.06 bits per heavy atom. The van der Waals surface area contributed by atoms with Gasteiger partial charge in [0.25, 0.3) is 11.5 Å². The van der Waals surface area contributed by atoms with Crippen LogP contribution in [0.4, 0.5) is 5.82 Å². The fraction of sp³-hybridized carbons (Fsp3) is 0.280. The number of thiocarbonyl (C=S) groups is 1. The van der Waals surface area contributed by atoms with E-state index in [0.29, 0.717) is 32.8 Å². The molecule has 2 aromatic heterocycles. The Balaban J connectivity index is 1.59. The number of anilines is 1. The van der Waals surface area contributed by atoms with Gasteiger partial charge >= 0.3 is 0 Å². The number of pyridine rings is 1. The Hall–Kier alpha value is -2.97. The minimum atomic E-state index is -0.174. The average molecular weight is 477 g/mol. The van der Waals surface area contributed by atoms with Crippen molar-refractivity contribution in [3.8, 4) is 0 Å². The van der Waals surface area contributed by atoms with Gasteiger partial charge in [0.05, 0.1) is 17.0 Å². The minimum absolute atomic E-state index is 0.169. The summed E-state index contributed by atoms with van der Waals surface area (Å²) in [6, 6.07) is 13.6. The average Bonchev–Trinajstić information content (AvgIpc) is 3.10. The molecule has 0 saturated carbocycles. The number of hydrogen-bond acceptors (Lipinski definition) is 6. The first-order valence-electron chi connectivity index (χ1n) is 11.1. The molecular formula is C25H24N4O2S2. The number of nitrogens with zero attached hydrogens (tertiary/aromatic N) is 4. The number of carbonyl (C=O) groups is 1. The maximum atomic E-state index is 13.6. The van der Waals surface area contributed by atoms with E-state index in [4.69, 9.17) is 17.2 Å². The summed E-state index contributed by atoms with van der Waals surface area (Å²) in [6.07, 6.45) is 6.73. The topological polar surface area (TPSA) is 57.9 Å². The standard InChI is InChI=1S/C25H24N4O2S2/c1-17-9-8-14-28-21(17)26-22(27-12-6-3-7-13-27)19(23(28)30)15-20-24(31)29(25(32)33-20)16-18-10-4-2-5-11-18/h2,4-5,8-11,14-15H,3,6-7,12-13,16H2,1H3/b20-15+. The number of carbonyl (C=O) groups excluding carboxylic acids is 1. The van der Waals surface area contributed by atoms with Crippen molar-refractivity contribution in [1.29, 1.82) is 0 Å². The van der Waals surface area contributed by atoms with Gasteiger partial charge in [-0.15, -0.1) is 0 Å². The molecule has 0 aliphatic carbocycles. The van der Waals surface area contributed by atoms with E-state index < -0.39 is 0 Å². The monoisotopic (exact) mass is 476 g/mol. The molecule has 5 rings (SSSR count). The lowest BCUT2D eigenvalue weighted by molar-refractivity contribution is -0.122. The quantitative estimate of drug-likeness (QED) is 0.411. The fourth-order valence-corrected chi connectivity index (χ4v) is 5.54. The van der Waals surface area contributed by atoms with Crippen molar-refractivity contribution in [2.45, 2.75) is 32.7 Å². The second-order valence-electron chi connectivity index (χ2n) is 8.34. The third-order valence-electron chi connectivity index (χ3n) is 6.05. The molecule has 8 heteroatoms. The SMILES string of the molecule is Cc1cccn2c(=O)c(/C=C3/SC(=S)N(Cc4ccccc4)C3=O)c(N3CCCCC3)nc12. The van der Waals surface area contributed by atoms with Crippen molar-refractivity contribution in [2.75, 3.05) is 18.0 Å². The summed E-state index contributed by atoms with van der Waals surface area (Å²) in [5.41, 5.74) is 2.87. The number of thioether (sulfide) groups is 1. The number of fused-ring (bicyclic) bond motifs is 1. The van der Waals surface area contributed by atoms with Crippen LogP contribution in [0.5, 0.6) is 0 Å². The number of hydrogen-bond donors (Lipinski definition) is 0. The molecule has 168 valence electrons. The maximum absolute atomic E-state index is 13.6. The van der Waals surface area contributed by atoms with Crippen LogP contribution >= 0.6 is 24.0 Å². The largest absolute Gasteiger partial charge is 0.356 e. The van der Waals surface area contributed by atoms with Gasteiger partial charge in [-0.25, -0.2) is 4.98 Å². The van der Waals surface area contributed by atoms with Gasteiger partial charge in [-0.3, -0.25) is 18.9 Å². The number of piperidine rings is 1. The van der Waals surface area contributed by atoms with Crippen LogP contribution < -0.4 is 10.5 Å². The normalized spacial score (nSPS) is 18.0. The van der Waals surface area contributed by atoms with Crippen molar-refractivity contribution in [2.24, 2.45) is 0 Å². The molecule has 1 aromatic carbocycles. The molecule has 3 aromatic rings. The van der Waals surface area contributed by atoms with Crippen LogP contribution in [0.15, 0.2) is 58.4 Å². The summed E-state index contributed by atoms with van der Waals surface area (Å²) in [5, 5.41) is 0. The second-order valence-corrected chi connectivity index (χ2v) is 10.0. The highest BCUT2D eigenvalue weighted by Gasteiger charge is 2.33. The third kappa shape index (κ3) is 4.20. The van der Waals surface area contributed by atoms with Crippen LogP contribution in [0.25, 0.3) is 11.7 Å². The molecule has 2 aliphatic heterocycles. The first kappa shape index (κ1) is 21.9. The molecule has 2 aliphatic rings. The van der Waals surface area contributed by atoms with Gasteiger partial charge < -0.3 is 4.90 Å². The van der Waals surface area contributed by atoms with E-state index >= 15 is 0 Å². The van der Waals surface area contributed by atoms with Gasteiger partial charge in [0.15, 0.2) is 0 Å². The number of benzene rings is 1. The summed E-state index contributed by atoms with van der Waals surface area (Å²) < 4.78 is 2.07. The Labute approximate surface area is 201 Å². The highest BCUT2D eigenvalue weighted by molar-refractivity contribution is 8.26. The number of amides is 1. The summed E-state index contributed by atoms with van der Waals surface area (Å²) in [5.74, 6) is 0.481. The van der Waals surface area contributed by atoms with Gasteiger partial charge in [-0.05, 0) is 49.5 Å². The van der Waals surface area contributed by atoms with E-state index in [1.54, 1.807) is 21.6 Å². The van der Waals surface area contributed by atoms with Crippen LogP contribution in [0.2, 0.25) is 0 Å². The molecule has 4 heterocycles. The number of rotatable bonds is 4. The van der Waals surface area contributed by atoms with Gasteiger partial charge in [0, 0.05) is 19.3 Å².